The molecule has 0 aliphatic rings. The average molecular weight is 258 g/mol. The molecule has 86 valence electrons. The number of azide groups is 1. The van der Waals surface area contributed by atoms with E-state index in [1.165, 1.54) is 6.07 Å². The molecule has 2 N–H and O–H groups in total. The van der Waals surface area contributed by atoms with Crippen molar-refractivity contribution in [2.24, 2.45) is 10.3 Å². The van der Waals surface area contributed by atoms with E-state index in [1.54, 1.807) is 12.1 Å². The van der Waals surface area contributed by atoms with Gasteiger partial charge in [0.1, 0.15) is 4.21 Å². The van der Waals surface area contributed by atoms with Gasteiger partial charge >= 0.3 is 0 Å². The maximum Gasteiger partial charge on any atom is 0.247 e. The molecular weight excluding hydrogens is 248 g/mol. The lowest BCUT2D eigenvalue weighted by molar-refractivity contribution is 0.600. The van der Waals surface area contributed by atoms with Crippen LogP contribution in [0.4, 0.5) is 0 Å². The minimum Gasteiger partial charge on any atom is -0.224 e. The second kappa shape index (κ2) is 5.66. The highest BCUT2D eigenvalue weighted by Crippen LogP contribution is 2.21. The van der Waals surface area contributed by atoms with E-state index in [0.29, 0.717) is 13.0 Å². The first-order valence-electron chi connectivity index (χ1n) is 4.34. The van der Waals surface area contributed by atoms with Crippen molar-refractivity contribution in [2.75, 3.05) is 6.54 Å². The molecule has 0 amide bonds. The van der Waals surface area contributed by atoms with Gasteiger partial charge in [-0.2, -0.15) is 0 Å². The molecule has 16 heavy (non-hydrogen) atoms. The van der Waals surface area contributed by atoms with Crippen LogP contribution in [0.15, 0.2) is 27.5 Å². The Balaban J connectivity index is 2.62. The Hall–Kier alpha value is -1.34. The van der Waals surface area contributed by atoms with E-state index in [-0.39, 0.29) is 4.21 Å². The summed E-state index contributed by atoms with van der Waals surface area (Å²) >= 11 is 1.10. The number of primary sulfonamides is 1. The maximum atomic E-state index is 11.0. The van der Waals surface area contributed by atoms with Gasteiger partial charge < -0.3 is 0 Å². The van der Waals surface area contributed by atoms with Gasteiger partial charge in [-0.1, -0.05) is 11.2 Å². The maximum absolute atomic E-state index is 11.0. The van der Waals surface area contributed by atoms with Crippen LogP contribution in [0.25, 0.3) is 16.5 Å². The van der Waals surface area contributed by atoms with Gasteiger partial charge in [0.2, 0.25) is 10.0 Å². The number of thiophene rings is 1. The van der Waals surface area contributed by atoms with Crippen molar-refractivity contribution >= 4 is 27.4 Å². The number of rotatable bonds is 5. The monoisotopic (exact) mass is 258 g/mol. The second-order valence-electron chi connectivity index (χ2n) is 2.85. The Labute approximate surface area is 97.1 Å². The number of nitrogens with zero attached hydrogens (tertiary/aromatic N) is 3. The molecule has 0 bridgehead atoms. The van der Waals surface area contributed by atoms with Crippen LogP contribution < -0.4 is 5.14 Å². The van der Waals surface area contributed by atoms with Gasteiger partial charge in [0, 0.05) is 16.3 Å². The highest BCUT2D eigenvalue weighted by atomic mass is 32.2. The first kappa shape index (κ1) is 12.7. The van der Waals surface area contributed by atoms with E-state index in [9.17, 15) is 8.42 Å². The van der Waals surface area contributed by atoms with Crippen LogP contribution in [0.3, 0.4) is 0 Å². The number of hydrogen-bond acceptors (Lipinski definition) is 4. The van der Waals surface area contributed by atoms with Crippen LogP contribution in [0.5, 0.6) is 0 Å². The van der Waals surface area contributed by atoms with Crippen LogP contribution in [0, 0.1) is 0 Å². The van der Waals surface area contributed by atoms with Gasteiger partial charge in [-0.15, -0.1) is 11.3 Å². The molecule has 0 spiro atoms. The first-order chi connectivity index (χ1) is 7.54. The highest BCUT2D eigenvalue weighted by Gasteiger charge is 2.09. The average Bonchev–Trinajstić information content (AvgIpc) is 2.65. The summed E-state index contributed by atoms with van der Waals surface area (Å²) in [6.07, 6.45) is 4.20. The molecule has 1 aromatic rings. The smallest absolute Gasteiger partial charge is 0.224 e. The summed E-state index contributed by atoms with van der Waals surface area (Å²) in [5.41, 5.74) is 8.03. The van der Waals surface area contributed by atoms with E-state index < -0.39 is 10.0 Å². The van der Waals surface area contributed by atoms with E-state index in [2.05, 4.69) is 10.0 Å². The molecule has 0 aliphatic heterocycles. The van der Waals surface area contributed by atoms with Crippen molar-refractivity contribution < 1.29 is 8.42 Å². The third-order valence-corrected chi connectivity index (χ3v) is 4.11. The van der Waals surface area contributed by atoms with Crippen molar-refractivity contribution in [1.29, 1.82) is 0 Å². The van der Waals surface area contributed by atoms with Gasteiger partial charge in [-0.25, -0.2) is 13.6 Å². The second-order valence-corrected chi connectivity index (χ2v) is 5.75. The molecule has 6 nitrogen and oxygen atoms in total. The number of nitrogens with two attached hydrogens (primary N) is 1. The molecule has 1 aromatic heterocycles. The summed E-state index contributed by atoms with van der Waals surface area (Å²) in [5.74, 6) is 0. The Morgan fingerprint density at radius 2 is 2.31 bits per heavy atom. The Morgan fingerprint density at radius 3 is 2.88 bits per heavy atom. The van der Waals surface area contributed by atoms with Gasteiger partial charge in [0.25, 0.3) is 0 Å². The molecule has 0 aliphatic carbocycles. The fourth-order valence-corrected chi connectivity index (χ4v) is 2.63. The third-order valence-electron chi connectivity index (χ3n) is 1.62. The van der Waals surface area contributed by atoms with E-state index in [0.717, 1.165) is 16.2 Å². The third kappa shape index (κ3) is 4.03. The SMILES string of the molecule is [N-]=[N+]=NCCC=Cc1ccc(S(N)(=O)=O)s1. The molecular formula is C8H10N4O2S2. The van der Waals surface area contributed by atoms with E-state index >= 15 is 0 Å². The molecule has 0 unspecified atom stereocenters. The summed E-state index contributed by atoms with van der Waals surface area (Å²) < 4.78 is 22.1. The summed E-state index contributed by atoms with van der Waals surface area (Å²) in [5, 5.41) is 8.33. The fourth-order valence-electron chi connectivity index (χ4n) is 0.953. The minimum atomic E-state index is -3.60. The number of sulfonamides is 1. The number of hydrogen-bond donors (Lipinski definition) is 1. The summed E-state index contributed by atoms with van der Waals surface area (Å²) in [6, 6.07) is 3.14. The van der Waals surface area contributed by atoms with Gasteiger partial charge in [0.05, 0.1) is 0 Å². The zero-order chi connectivity index (χ0) is 12.0. The zero-order valence-electron chi connectivity index (χ0n) is 8.28. The predicted molar refractivity (Wildman–Crippen MR) is 63.4 cm³/mol. The lowest BCUT2D eigenvalue weighted by Gasteiger charge is -1.88. The summed E-state index contributed by atoms with van der Waals surface area (Å²) in [4.78, 5) is 3.41. The van der Waals surface area contributed by atoms with Crippen molar-refractivity contribution in [3.8, 4) is 0 Å². The van der Waals surface area contributed by atoms with Crippen molar-refractivity contribution in [3.05, 3.63) is 33.5 Å². The molecule has 8 heteroatoms. The standard InChI is InChI=1S/C8H10N4O2S2/c9-12-11-6-2-1-3-7-4-5-8(15-7)16(10,13)14/h1,3-5H,2,6H2,(H2,10,13,14). The minimum absolute atomic E-state index is 0.141. The van der Waals surface area contributed by atoms with Crippen LogP contribution in [0.2, 0.25) is 0 Å². The van der Waals surface area contributed by atoms with Crippen LogP contribution in [-0.2, 0) is 10.0 Å². The molecule has 0 saturated carbocycles. The topological polar surface area (TPSA) is 109 Å². The Kier molecular flexibility index (Phi) is 4.51. The molecule has 1 rings (SSSR count). The van der Waals surface area contributed by atoms with Crippen LogP contribution in [-0.4, -0.2) is 15.0 Å². The van der Waals surface area contributed by atoms with Gasteiger partial charge in [-0.3, -0.25) is 0 Å². The summed E-state index contributed by atoms with van der Waals surface area (Å²) in [6.45, 7) is 0.389. The normalized spacial score (nSPS) is 11.6. The first-order valence-corrected chi connectivity index (χ1v) is 6.70. The van der Waals surface area contributed by atoms with Crippen molar-refractivity contribution in [3.63, 3.8) is 0 Å². The lowest BCUT2D eigenvalue weighted by atomic mass is 10.3. The molecule has 0 aromatic carbocycles. The molecule has 1 heterocycles. The fraction of sp³-hybridized carbons (Fsp3) is 0.250. The molecule has 0 saturated heterocycles. The van der Waals surface area contributed by atoms with Crippen LogP contribution >= 0.6 is 11.3 Å². The van der Waals surface area contributed by atoms with E-state index in [1.807, 2.05) is 6.08 Å². The molecule has 0 fully saturated rings. The summed E-state index contributed by atoms with van der Waals surface area (Å²) in [7, 11) is -3.60. The Bertz CT molecular complexity index is 526. The van der Waals surface area contributed by atoms with Gasteiger partial charge in [0.15, 0.2) is 0 Å². The van der Waals surface area contributed by atoms with Crippen molar-refractivity contribution in [1.82, 2.24) is 0 Å². The van der Waals surface area contributed by atoms with Crippen LogP contribution in [0.1, 0.15) is 11.3 Å². The molecule has 0 atom stereocenters. The predicted octanol–water partition coefficient (Wildman–Crippen LogP) is 2.11. The Morgan fingerprint density at radius 1 is 1.56 bits per heavy atom. The quantitative estimate of drug-likeness (QED) is 0.377. The highest BCUT2D eigenvalue weighted by molar-refractivity contribution is 7.91. The largest absolute Gasteiger partial charge is 0.247 e. The zero-order valence-corrected chi connectivity index (χ0v) is 9.91. The molecule has 0 radical (unpaired) electrons. The lowest BCUT2D eigenvalue weighted by Crippen LogP contribution is -2.09. The van der Waals surface area contributed by atoms with Crippen molar-refractivity contribution in [2.45, 2.75) is 10.6 Å². The van der Waals surface area contributed by atoms with E-state index in [4.69, 9.17) is 10.7 Å². The van der Waals surface area contributed by atoms with Gasteiger partial charge in [-0.05, 0) is 30.2 Å².